The number of fused-ring (bicyclic) bond motifs is 1. The smallest absolute Gasteiger partial charge is 0.332 e. The van der Waals surface area contributed by atoms with E-state index in [-0.39, 0.29) is 5.69 Å². The number of methoxy groups -OCH3 is 1. The summed E-state index contributed by atoms with van der Waals surface area (Å²) in [7, 11) is 1.58. The van der Waals surface area contributed by atoms with Crippen molar-refractivity contribution in [1.82, 2.24) is 24.0 Å². The zero-order valence-corrected chi connectivity index (χ0v) is 19.5. The van der Waals surface area contributed by atoms with Crippen LogP contribution in [0.3, 0.4) is 0 Å². The summed E-state index contributed by atoms with van der Waals surface area (Å²) in [5.74, 6) is 3.79. The van der Waals surface area contributed by atoms with Crippen LogP contribution in [0.25, 0.3) is 16.6 Å². The summed E-state index contributed by atoms with van der Waals surface area (Å²) in [4.78, 5) is 24.4. The van der Waals surface area contributed by atoms with Crippen LogP contribution in [0.2, 0.25) is 0 Å². The van der Waals surface area contributed by atoms with Crippen molar-refractivity contribution in [2.45, 2.75) is 6.54 Å². The summed E-state index contributed by atoms with van der Waals surface area (Å²) >= 11 is 0. The number of anilines is 2. The Balaban J connectivity index is 1.49. The number of ether oxygens (including phenoxy) is 2. The van der Waals surface area contributed by atoms with E-state index in [4.69, 9.17) is 15.9 Å². The Labute approximate surface area is 202 Å². The van der Waals surface area contributed by atoms with Gasteiger partial charge in [-0.1, -0.05) is 12.0 Å². The standard InChI is InChI=1S/C26H26N6O3/c1-3-19-5-4-6-20(15-19)29-25-21-16-23(24(34-2)17-22(21)27-18-28-25)32-10-9-31(26(32)33)8-7-30-11-13-35-14-12-30/h1,4-6,9-10,15-18H,7-8,11-14H2,2H3,(H,27,28,29). The van der Waals surface area contributed by atoms with Crippen molar-refractivity contribution in [2.75, 3.05) is 45.3 Å². The Bertz CT molecular complexity index is 1450. The van der Waals surface area contributed by atoms with Gasteiger partial charge in [-0.25, -0.2) is 14.8 Å². The maximum atomic E-state index is 13.3. The summed E-state index contributed by atoms with van der Waals surface area (Å²) < 4.78 is 14.3. The van der Waals surface area contributed by atoms with Crippen molar-refractivity contribution in [3.05, 3.63) is 71.2 Å². The van der Waals surface area contributed by atoms with E-state index in [9.17, 15) is 4.79 Å². The van der Waals surface area contributed by atoms with Crippen LogP contribution in [0.4, 0.5) is 11.5 Å². The number of nitrogens with zero attached hydrogens (tertiary/aromatic N) is 5. The molecule has 2 aromatic carbocycles. The lowest BCUT2D eigenvalue weighted by Crippen LogP contribution is -2.39. The van der Waals surface area contributed by atoms with Gasteiger partial charge in [-0.05, 0) is 24.3 Å². The van der Waals surface area contributed by atoms with Gasteiger partial charge in [-0.15, -0.1) is 6.42 Å². The second kappa shape index (κ2) is 10.0. The molecule has 1 aliphatic heterocycles. The molecular weight excluding hydrogens is 444 g/mol. The van der Waals surface area contributed by atoms with Gasteiger partial charge in [0.1, 0.15) is 17.9 Å². The Morgan fingerprint density at radius 1 is 1.14 bits per heavy atom. The quantitative estimate of drug-likeness (QED) is 0.416. The van der Waals surface area contributed by atoms with Gasteiger partial charge in [0.15, 0.2) is 0 Å². The number of benzene rings is 2. The predicted octanol–water partition coefficient (Wildman–Crippen LogP) is 2.65. The van der Waals surface area contributed by atoms with Gasteiger partial charge < -0.3 is 14.8 Å². The molecule has 1 N–H and O–H groups in total. The minimum atomic E-state index is -0.135. The number of hydrogen-bond donors (Lipinski definition) is 1. The van der Waals surface area contributed by atoms with Crippen LogP contribution < -0.4 is 15.7 Å². The normalized spacial score (nSPS) is 14.1. The van der Waals surface area contributed by atoms with Gasteiger partial charge in [-0.3, -0.25) is 14.0 Å². The fraction of sp³-hybridized carbons (Fsp3) is 0.269. The summed E-state index contributed by atoms with van der Waals surface area (Å²) in [6, 6.07) is 11.2. The van der Waals surface area contributed by atoms with E-state index in [1.165, 1.54) is 6.33 Å². The summed E-state index contributed by atoms with van der Waals surface area (Å²) in [5, 5.41) is 4.07. The third kappa shape index (κ3) is 4.75. The zero-order valence-electron chi connectivity index (χ0n) is 19.5. The van der Waals surface area contributed by atoms with E-state index in [1.54, 1.807) is 28.6 Å². The maximum Gasteiger partial charge on any atom is 0.332 e. The Hall–Kier alpha value is -4.13. The number of aromatic nitrogens is 4. The molecule has 0 bridgehead atoms. The third-order valence-corrected chi connectivity index (χ3v) is 6.10. The average molecular weight is 471 g/mol. The first-order valence-electron chi connectivity index (χ1n) is 11.4. The molecule has 0 spiro atoms. The third-order valence-electron chi connectivity index (χ3n) is 6.10. The second-order valence-electron chi connectivity index (χ2n) is 8.21. The zero-order chi connectivity index (χ0) is 24.2. The molecular formula is C26H26N6O3. The molecule has 9 heteroatoms. The fourth-order valence-corrected chi connectivity index (χ4v) is 4.19. The number of nitrogens with one attached hydrogen (secondary N) is 1. The Morgan fingerprint density at radius 2 is 2.00 bits per heavy atom. The molecule has 0 amide bonds. The highest BCUT2D eigenvalue weighted by Gasteiger charge is 2.16. The first-order valence-corrected chi connectivity index (χ1v) is 11.4. The SMILES string of the molecule is C#Cc1cccc(Nc2ncnc3cc(OC)c(-n4ccn(CCN5CCOCC5)c4=O)cc23)c1. The molecule has 1 saturated heterocycles. The predicted molar refractivity (Wildman–Crippen MR) is 135 cm³/mol. The molecule has 0 radical (unpaired) electrons. The van der Waals surface area contributed by atoms with E-state index in [1.807, 2.05) is 36.4 Å². The largest absolute Gasteiger partial charge is 0.494 e. The first-order chi connectivity index (χ1) is 17.2. The van der Waals surface area contributed by atoms with E-state index >= 15 is 0 Å². The minimum Gasteiger partial charge on any atom is -0.494 e. The highest BCUT2D eigenvalue weighted by atomic mass is 16.5. The molecule has 178 valence electrons. The highest BCUT2D eigenvalue weighted by molar-refractivity contribution is 5.93. The van der Waals surface area contributed by atoms with Gasteiger partial charge in [0, 0.05) is 61.3 Å². The van der Waals surface area contributed by atoms with Crippen molar-refractivity contribution in [2.24, 2.45) is 0 Å². The minimum absolute atomic E-state index is 0.135. The summed E-state index contributed by atoms with van der Waals surface area (Å²) in [6.45, 7) is 4.62. The molecule has 5 rings (SSSR count). The molecule has 0 saturated carbocycles. The molecule has 4 aromatic rings. The molecule has 1 fully saturated rings. The number of rotatable bonds is 7. The van der Waals surface area contributed by atoms with Crippen molar-refractivity contribution in [3.8, 4) is 23.8 Å². The number of terminal acetylenes is 1. The van der Waals surface area contributed by atoms with Crippen molar-refractivity contribution >= 4 is 22.4 Å². The lowest BCUT2D eigenvalue weighted by atomic mass is 10.1. The lowest BCUT2D eigenvalue weighted by molar-refractivity contribution is 0.0363. The molecule has 0 atom stereocenters. The summed E-state index contributed by atoms with van der Waals surface area (Å²) in [5.41, 5.74) is 2.75. The van der Waals surface area contributed by atoms with E-state index < -0.39 is 0 Å². The topological polar surface area (TPSA) is 86.4 Å². The van der Waals surface area contributed by atoms with Crippen LogP contribution in [0, 0.1) is 12.3 Å². The van der Waals surface area contributed by atoms with Gasteiger partial charge in [0.25, 0.3) is 0 Å². The van der Waals surface area contributed by atoms with Gasteiger partial charge in [-0.2, -0.15) is 0 Å². The molecule has 0 aliphatic carbocycles. The monoisotopic (exact) mass is 470 g/mol. The van der Waals surface area contributed by atoms with Crippen LogP contribution in [-0.2, 0) is 11.3 Å². The average Bonchev–Trinajstić information content (AvgIpc) is 3.27. The van der Waals surface area contributed by atoms with Crippen molar-refractivity contribution < 1.29 is 9.47 Å². The molecule has 35 heavy (non-hydrogen) atoms. The van der Waals surface area contributed by atoms with Crippen molar-refractivity contribution in [1.29, 1.82) is 0 Å². The number of imidazole rings is 1. The van der Waals surface area contributed by atoms with E-state index in [2.05, 4.69) is 26.1 Å². The number of hydrogen-bond acceptors (Lipinski definition) is 7. The van der Waals surface area contributed by atoms with Gasteiger partial charge in [0.05, 0.1) is 31.5 Å². The van der Waals surface area contributed by atoms with Crippen LogP contribution in [0.5, 0.6) is 5.75 Å². The van der Waals surface area contributed by atoms with Crippen molar-refractivity contribution in [3.63, 3.8) is 0 Å². The molecule has 0 unspecified atom stereocenters. The Kier molecular flexibility index (Phi) is 6.48. The lowest BCUT2D eigenvalue weighted by Gasteiger charge is -2.26. The number of morpholine rings is 1. The highest BCUT2D eigenvalue weighted by Crippen LogP contribution is 2.31. The van der Waals surface area contributed by atoms with Gasteiger partial charge in [0.2, 0.25) is 0 Å². The summed E-state index contributed by atoms with van der Waals surface area (Å²) in [6.07, 6.45) is 10.6. The molecule has 1 aliphatic rings. The van der Waals surface area contributed by atoms with Gasteiger partial charge >= 0.3 is 5.69 Å². The Morgan fingerprint density at radius 3 is 2.80 bits per heavy atom. The first kappa shape index (κ1) is 22.7. The van der Waals surface area contributed by atoms with Crippen LogP contribution >= 0.6 is 0 Å². The van der Waals surface area contributed by atoms with Crippen LogP contribution in [0.1, 0.15) is 5.56 Å². The van der Waals surface area contributed by atoms with Crippen LogP contribution in [-0.4, -0.2) is 64.0 Å². The van der Waals surface area contributed by atoms with Crippen LogP contribution in [0.15, 0.2) is 59.9 Å². The van der Waals surface area contributed by atoms with E-state index in [0.717, 1.165) is 49.5 Å². The van der Waals surface area contributed by atoms with E-state index in [0.29, 0.717) is 29.3 Å². The molecule has 3 heterocycles. The fourth-order valence-electron chi connectivity index (χ4n) is 4.19. The molecule has 2 aromatic heterocycles. The second-order valence-corrected chi connectivity index (χ2v) is 8.21. The molecule has 9 nitrogen and oxygen atoms in total. The maximum absolute atomic E-state index is 13.3.